The van der Waals surface area contributed by atoms with Crippen LogP contribution >= 0.6 is 0 Å². The molecule has 0 fully saturated rings. The second kappa shape index (κ2) is 5.43. The topological polar surface area (TPSA) is 56.7 Å². The number of aryl methyl sites for hydroxylation is 1. The molecule has 0 aliphatic carbocycles. The van der Waals surface area contributed by atoms with Crippen molar-refractivity contribution in [1.82, 2.24) is 14.8 Å². The zero-order valence-corrected chi connectivity index (χ0v) is 11.5. The maximum atomic E-state index is 6.43. The number of hydrogen-bond donors (Lipinski definition) is 1. The molecule has 0 amide bonds. The monoisotopic (exact) mass is 266 g/mol. The number of pyridine rings is 1. The predicted octanol–water partition coefficient (Wildman–Crippen LogP) is 2.89. The van der Waals surface area contributed by atoms with Crippen molar-refractivity contribution in [3.63, 3.8) is 0 Å². The summed E-state index contributed by atoms with van der Waals surface area (Å²) in [5, 5.41) is 6.61. The Morgan fingerprint density at radius 2 is 2.00 bits per heavy atom. The highest BCUT2D eigenvalue weighted by Crippen LogP contribution is 2.25. The van der Waals surface area contributed by atoms with Crippen molar-refractivity contribution in [3.05, 3.63) is 60.2 Å². The summed E-state index contributed by atoms with van der Waals surface area (Å²) < 4.78 is 1.97. The number of hydrogen-bond acceptors (Lipinski definition) is 3. The Morgan fingerprint density at radius 1 is 1.15 bits per heavy atom. The van der Waals surface area contributed by atoms with Crippen molar-refractivity contribution in [2.75, 3.05) is 0 Å². The second-order valence-corrected chi connectivity index (χ2v) is 4.87. The molecule has 102 valence electrons. The van der Waals surface area contributed by atoms with E-state index in [9.17, 15) is 0 Å². The van der Waals surface area contributed by atoms with Crippen LogP contribution in [0.15, 0.2) is 48.8 Å². The van der Waals surface area contributed by atoms with Gasteiger partial charge in [0, 0.05) is 24.3 Å². The van der Waals surface area contributed by atoms with Gasteiger partial charge < -0.3 is 5.73 Å². The predicted molar refractivity (Wildman–Crippen MR) is 80.3 cm³/mol. The van der Waals surface area contributed by atoms with Crippen molar-refractivity contribution < 1.29 is 0 Å². The molecule has 3 rings (SSSR count). The van der Waals surface area contributed by atoms with Crippen LogP contribution in [0.5, 0.6) is 0 Å². The highest BCUT2D eigenvalue weighted by Gasteiger charge is 2.17. The fourth-order valence-corrected chi connectivity index (χ4v) is 2.54. The van der Waals surface area contributed by atoms with Gasteiger partial charge in [-0.05, 0) is 23.9 Å². The molecule has 0 saturated carbocycles. The number of nitrogens with zero attached hydrogens (tertiary/aromatic N) is 3. The number of fused-ring (bicyclic) bond motifs is 1. The lowest BCUT2D eigenvalue weighted by atomic mass is 10.0. The maximum absolute atomic E-state index is 6.43. The van der Waals surface area contributed by atoms with Crippen LogP contribution in [-0.2, 0) is 6.54 Å². The summed E-state index contributed by atoms with van der Waals surface area (Å²) in [5.41, 5.74) is 8.35. The number of rotatable bonds is 4. The molecule has 1 aromatic carbocycles. The molecule has 4 heteroatoms. The summed E-state index contributed by atoms with van der Waals surface area (Å²) in [7, 11) is 0. The van der Waals surface area contributed by atoms with Crippen molar-refractivity contribution >= 4 is 10.8 Å². The Hall–Kier alpha value is -2.20. The standard InChI is InChI=1S/C16H18N4/c1-2-11-20-14(8-10-19-20)15(17)16-13-6-4-3-5-12(13)7-9-18-16/h3-10,15H,2,11,17H2,1H3. The number of benzene rings is 1. The summed E-state index contributed by atoms with van der Waals surface area (Å²) in [6, 6.07) is 11.9. The number of aromatic nitrogens is 3. The third-order valence-corrected chi connectivity index (χ3v) is 3.50. The average molecular weight is 266 g/mol. The summed E-state index contributed by atoms with van der Waals surface area (Å²) in [5.74, 6) is 0. The van der Waals surface area contributed by atoms with Gasteiger partial charge in [0.05, 0.1) is 17.4 Å². The van der Waals surface area contributed by atoms with Gasteiger partial charge in [-0.3, -0.25) is 9.67 Å². The van der Waals surface area contributed by atoms with E-state index in [0.29, 0.717) is 0 Å². The van der Waals surface area contributed by atoms with E-state index in [2.05, 4.69) is 29.1 Å². The lowest BCUT2D eigenvalue weighted by molar-refractivity contribution is 0.558. The van der Waals surface area contributed by atoms with Crippen LogP contribution in [0.3, 0.4) is 0 Å². The zero-order valence-electron chi connectivity index (χ0n) is 11.5. The fraction of sp³-hybridized carbons (Fsp3) is 0.250. The molecule has 2 heterocycles. The molecule has 0 spiro atoms. The first-order valence-electron chi connectivity index (χ1n) is 6.92. The zero-order chi connectivity index (χ0) is 13.9. The quantitative estimate of drug-likeness (QED) is 0.790. The molecule has 2 aromatic heterocycles. The van der Waals surface area contributed by atoms with Crippen LogP contribution < -0.4 is 5.73 Å². The van der Waals surface area contributed by atoms with Gasteiger partial charge in [0.2, 0.25) is 0 Å². The minimum atomic E-state index is -0.254. The van der Waals surface area contributed by atoms with Crippen LogP contribution in [0.2, 0.25) is 0 Å². The molecule has 20 heavy (non-hydrogen) atoms. The first kappa shape index (κ1) is 12.8. The molecule has 1 atom stereocenters. The first-order valence-corrected chi connectivity index (χ1v) is 6.92. The Kier molecular flexibility index (Phi) is 3.48. The average Bonchev–Trinajstić information content (AvgIpc) is 2.94. The van der Waals surface area contributed by atoms with E-state index in [1.54, 1.807) is 6.20 Å². The number of nitrogens with two attached hydrogens (primary N) is 1. The van der Waals surface area contributed by atoms with E-state index in [-0.39, 0.29) is 6.04 Å². The van der Waals surface area contributed by atoms with Crippen molar-refractivity contribution in [3.8, 4) is 0 Å². The molecule has 0 aliphatic heterocycles. The molecule has 1 unspecified atom stereocenters. The highest BCUT2D eigenvalue weighted by atomic mass is 15.3. The SMILES string of the molecule is CCCn1nccc1C(N)c1nccc2ccccc12. The van der Waals surface area contributed by atoms with Crippen LogP contribution in [0.25, 0.3) is 10.8 Å². The van der Waals surface area contributed by atoms with E-state index < -0.39 is 0 Å². The Bertz CT molecular complexity index is 712. The molecule has 0 radical (unpaired) electrons. The third kappa shape index (κ3) is 2.18. The Labute approximate surface area is 118 Å². The summed E-state index contributed by atoms with van der Waals surface area (Å²) in [6.45, 7) is 3.01. The molecule has 2 N–H and O–H groups in total. The van der Waals surface area contributed by atoms with Crippen molar-refractivity contribution in [2.24, 2.45) is 5.73 Å². The third-order valence-electron chi connectivity index (χ3n) is 3.50. The van der Waals surface area contributed by atoms with E-state index in [0.717, 1.165) is 35.1 Å². The van der Waals surface area contributed by atoms with Gasteiger partial charge in [-0.25, -0.2) is 0 Å². The van der Waals surface area contributed by atoms with Gasteiger partial charge in [0.25, 0.3) is 0 Å². The largest absolute Gasteiger partial charge is 0.318 e. The minimum Gasteiger partial charge on any atom is -0.318 e. The van der Waals surface area contributed by atoms with Gasteiger partial charge >= 0.3 is 0 Å². The van der Waals surface area contributed by atoms with Gasteiger partial charge in [-0.2, -0.15) is 5.10 Å². The lowest BCUT2D eigenvalue weighted by Gasteiger charge is -2.15. The van der Waals surface area contributed by atoms with Crippen LogP contribution in [-0.4, -0.2) is 14.8 Å². The normalized spacial score (nSPS) is 12.7. The molecule has 4 nitrogen and oxygen atoms in total. The molecule has 3 aromatic rings. The second-order valence-electron chi connectivity index (χ2n) is 4.87. The summed E-state index contributed by atoms with van der Waals surface area (Å²) >= 11 is 0. The highest BCUT2D eigenvalue weighted by molar-refractivity contribution is 5.84. The summed E-state index contributed by atoms with van der Waals surface area (Å²) in [4.78, 5) is 4.50. The Morgan fingerprint density at radius 3 is 2.85 bits per heavy atom. The van der Waals surface area contributed by atoms with E-state index in [4.69, 9.17) is 5.73 Å². The van der Waals surface area contributed by atoms with Gasteiger partial charge in [-0.1, -0.05) is 31.2 Å². The van der Waals surface area contributed by atoms with Gasteiger partial charge in [0.1, 0.15) is 0 Å². The van der Waals surface area contributed by atoms with Gasteiger partial charge in [-0.15, -0.1) is 0 Å². The fourth-order valence-electron chi connectivity index (χ4n) is 2.54. The molecule has 0 saturated heterocycles. The molecular weight excluding hydrogens is 248 g/mol. The van der Waals surface area contributed by atoms with Crippen molar-refractivity contribution in [1.29, 1.82) is 0 Å². The molecular formula is C16H18N4. The van der Waals surface area contributed by atoms with Crippen LogP contribution in [0, 0.1) is 0 Å². The van der Waals surface area contributed by atoms with E-state index >= 15 is 0 Å². The van der Waals surface area contributed by atoms with E-state index in [1.807, 2.05) is 35.1 Å². The smallest absolute Gasteiger partial charge is 0.0903 e. The van der Waals surface area contributed by atoms with Crippen LogP contribution in [0.4, 0.5) is 0 Å². The molecule has 0 bridgehead atoms. The maximum Gasteiger partial charge on any atom is 0.0903 e. The lowest BCUT2D eigenvalue weighted by Crippen LogP contribution is -2.19. The first-order chi connectivity index (χ1) is 9.81. The van der Waals surface area contributed by atoms with Crippen LogP contribution in [0.1, 0.15) is 30.8 Å². The van der Waals surface area contributed by atoms with Gasteiger partial charge in [0.15, 0.2) is 0 Å². The summed E-state index contributed by atoms with van der Waals surface area (Å²) in [6.07, 6.45) is 4.65. The Balaban J connectivity index is 2.08. The molecule has 0 aliphatic rings. The van der Waals surface area contributed by atoms with Crippen molar-refractivity contribution in [2.45, 2.75) is 25.9 Å². The van der Waals surface area contributed by atoms with E-state index in [1.165, 1.54) is 0 Å². The minimum absolute atomic E-state index is 0.254.